The van der Waals surface area contributed by atoms with E-state index < -0.39 is 10.0 Å². The van der Waals surface area contributed by atoms with Crippen molar-refractivity contribution in [2.24, 2.45) is 0 Å². The summed E-state index contributed by atoms with van der Waals surface area (Å²) in [5.41, 5.74) is 0.447. The molecular weight excluding hydrogens is 302 g/mol. The molecule has 0 radical (unpaired) electrons. The highest BCUT2D eigenvalue weighted by molar-refractivity contribution is 7.89. The first-order valence-electron chi connectivity index (χ1n) is 7.42. The number of nitrogens with one attached hydrogen (secondary N) is 1. The average molecular weight is 323 g/mol. The van der Waals surface area contributed by atoms with Crippen molar-refractivity contribution in [2.45, 2.75) is 17.7 Å². The molecule has 22 heavy (non-hydrogen) atoms. The van der Waals surface area contributed by atoms with E-state index in [-0.39, 0.29) is 4.90 Å². The highest BCUT2D eigenvalue weighted by Crippen LogP contribution is 2.10. The van der Waals surface area contributed by atoms with E-state index in [2.05, 4.69) is 9.62 Å². The molecular formula is C15H21N3O3S. The summed E-state index contributed by atoms with van der Waals surface area (Å²) >= 11 is 0. The van der Waals surface area contributed by atoms with Gasteiger partial charge in [0.15, 0.2) is 0 Å². The summed E-state index contributed by atoms with van der Waals surface area (Å²) in [4.78, 5) is 2.48. The Kier molecular flexibility index (Phi) is 6.34. The van der Waals surface area contributed by atoms with Crippen molar-refractivity contribution >= 4 is 10.0 Å². The van der Waals surface area contributed by atoms with Gasteiger partial charge in [-0.3, -0.25) is 0 Å². The molecule has 1 saturated heterocycles. The zero-order valence-corrected chi connectivity index (χ0v) is 13.3. The number of hydrogen-bond donors (Lipinski definition) is 1. The number of nitrogens with zero attached hydrogens (tertiary/aromatic N) is 2. The number of benzene rings is 1. The molecule has 1 aromatic carbocycles. The molecule has 0 saturated carbocycles. The summed E-state index contributed by atoms with van der Waals surface area (Å²) in [5.74, 6) is 0. The maximum atomic E-state index is 12.1. The average Bonchev–Trinajstić information content (AvgIpc) is 2.80. The van der Waals surface area contributed by atoms with Gasteiger partial charge in [-0.2, -0.15) is 5.26 Å². The largest absolute Gasteiger partial charge is 0.380 e. The van der Waals surface area contributed by atoms with Crippen molar-refractivity contribution in [3.8, 4) is 6.07 Å². The van der Waals surface area contributed by atoms with Gasteiger partial charge in [0.05, 0.1) is 23.1 Å². The fourth-order valence-electron chi connectivity index (χ4n) is 2.32. The Balaban J connectivity index is 1.78. The van der Waals surface area contributed by atoms with Gasteiger partial charge in [0, 0.05) is 26.2 Å². The summed E-state index contributed by atoms with van der Waals surface area (Å²) in [6, 6.07) is 7.88. The van der Waals surface area contributed by atoms with E-state index in [1.807, 2.05) is 6.07 Å². The number of nitriles is 1. The third-order valence-electron chi connectivity index (χ3n) is 3.55. The third kappa shape index (κ3) is 5.07. The first-order valence-corrected chi connectivity index (χ1v) is 8.90. The topological polar surface area (TPSA) is 82.4 Å². The molecule has 0 aromatic heterocycles. The van der Waals surface area contributed by atoms with Crippen LogP contribution >= 0.6 is 0 Å². The van der Waals surface area contributed by atoms with Gasteiger partial charge < -0.3 is 9.64 Å². The normalized spacial score (nSPS) is 16.9. The summed E-state index contributed by atoms with van der Waals surface area (Å²) < 4.78 is 32.2. The second kappa shape index (κ2) is 8.25. The Morgan fingerprint density at radius 2 is 2.00 bits per heavy atom. The van der Waals surface area contributed by atoms with Crippen molar-refractivity contribution in [1.82, 2.24) is 9.62 Å². The number of ether oxygens (including phenoxy) is 1. The van der Waals surface area contributed by atoms with Gasteiger partial charge in [0.25, 0.3) is 0 Å². The first-order chi connectivity index (χ1) is 10.6. The Morgan fingerprint density at radius 1 is 1.23 bits per heavy atom. The lowest BCUT2D eigenvalue weighted by Gasteiger charge is -2.18. The molecule has 1 fully saturated rings. The maximum Gasteiger partial charge on any atom is 0.240 e. The maximum absolute atomic E-state index is 12.1. The standard InChI is InChI=1S/C15H21N3O3S/c16-13-14-3-5-15(6-4-14)22(19,20)17-7-1-8-18-9-2-11-21-12-10-18/h3-6,17H,1-2,7-12H2. The van der Waals surface area contributed by atoms with Gasteiger partial charge >= 0.3 is 0 Å². The number of rotatable bonds is 6. The van der Waals surface area contributed by atoms with Crippen LogP contribution in [0.5, 0.6) is 0 Å². The van der Waals surface area contributed by atoms with E-state index in [9.17, 15) is 8.42 Å². The minimum Gasteiger partial charge on any atom is -0.380 e. The summed E-state index contributed by atoms with van der Waals surface area (Å²) in [6.45, 7) is 4.72. The van der Waals surface area contributed by atoms with Crippen LogP contribution in [0, 0.1) is 11.3 Å². The van der Waals surface area contributed by atoms with E-state index in [4.69, 9.17) is 10.00 Å². The smallest absolute Gasteiger partial charge is 0.240 e. The molecule has 0 bridgehead atoms. The van der Waals surface area contributed by atoms with Crippen LogP contribution in [-0.2, 0) is 14.8 Å². The van der Waals surface area contributed by atoms with Crippen LogP contribution in [0.2, 0.25) is 0 Å². The van der Waals surface area contributed by atoms with Gasteiger partial charge in [0.2, 0.25) is 10.0 Å². The third-order valence-corrected chi connectivity index (χ3v) is 5.03. The highest BCUT2D eigenvalue weighted by Gasteiger charge is 2.14. The molecule has 1 N–H and O–H groups in total. The lowest BCUT2D eigenvalue weighted by atomic mass is 10.2. The monoisotopic (exact) mass is 323 g/mol. The van der Waals surface area contributed by atoms with Gasteiger partial charge in [0.1, 0.15) is 0 Å². The number of hydrogen-bond acceptors (Lipinski definition) is 5. The Labute approximate surface area is 131 Å². The highest BCUT2D eigenvalue weighted by atomic mass is 32.2. The van der Waals surface area contributed by atoms with Gasteiger partial charge in [-0.1, -0.05) is 0 Å². The first kappa shape index (κ1) is 16.9. The molecule has 0 aliphatic carbocycles. The van der Waals surface area contributed by atoms with Crippen LogP contribution in [0.1, 0.15) is 18.4 Å². The molecule has 0 spiro atoms. The lowest BCUT2D eigenvalue weighted by Crippen LogP contribution is -2.31. The van der Waals surface area contributed by atoms with E-state index in [1.54, 1.807) is 0 Å². The quantitative estimate of drug-likeness (QED) is 0.788. The predicted octanol–water partition coefficient (Wildman–Crippen LogP) is 0.949. The van der Waals surface area contributed by atoms with Crippen molar-refractivity contribution in [2.75, 3.05) is 39.4 Å². The van der Waals surface area contributed by atoms with Crippen molar-refractivity contribution < 1.29 is 13.2 Å². The van der Waals surface area contributed by atoms with Gasteiger partial charge in [-0.15, -0.1) is 0 Å². The minimum absolute atomic E-state index is 0.190. The lowest BCUT2D eigenvalue weighted by molar-refractivity contribution is 0.141. The second-order valence-corrected chi connectivity index (χ2v) is 6.96. The SMILES string of the molecule is N#Cc1ccc(S(=O)(=O)NCCCN2CCCOCC2)cc1. The van der Waals surface area contributed by atoms with Crippen molar-refractivity contribution in [3.05, 3.63) is 29.8 Å². The molecule has 6 nitrogen and oxygen atoms in total. The summed E-state index contributed by atoms with van der Waals surface area (Å²) in [7, 11) is -3.50. The van der Waals surface area contributed by atoms with E-state index in [0.717, 1.165) is 45.7 Å². The molecule has 1 heterocycles. The summed E-state index contributed by atoms with van der Waals surface area (Å²) in [6.07, 6.45) is 1.78. The molecule has 0 unspecified atom stereocenters. The second-order valence-electron chi connectivity index (χ2n) is 5.20. The molecule has 0 atom stereocenters. The van der Waals surface area contributed by atoms with Crippen LogP contribution in [0.25, 0.3) is 0 Å². The van der Waals surface area contributed by atoms with Crippen molar-refractivity contribution in [3.63, 3.8) is 0 Å². The van der Waals surface area contributed by atoms with Crippen LogP contribution in [-0.4, -0.2) is 52.7 Å². The van der Waals surface area contributed by atoms with Crippen LogP contribution < -0.4 is 4.72 Å². The Bertz CT molecular complexity index is 600. The number of sulfonamides is 1. The molecule has 120 valence electrons. The zero-order valence-electron chi connectivity index (χ0n) is 12.5. The van der Waals surface area contributed by atoms with Gasteiger partial charge in [-0.25, -0.2) is 13.1 Å². The predicted molar refractivity (Wildman–Crippen MR) is 82.8 cm³/mol. The zero-order chi connectivity index (χ0) is 15.8. The Hall–Kier alpha value is -1.46. The summed E-state index contributed by atoms with van der Waals surface area (Å²) in [5, 5.41) is 8.72. The van der Waals surface area contributed by atoms with E-state index >= 15 is 0 Å². The fourth-order valence-corrected chi connectivity index (χ4v) is 3.40. The molecule has 0 amide bonds. The van der Waals surface area contributed by atoms with Crippen LogP contribution in [0.4, 0.5) is 0 Å². The van der Waals surface area contributed by atoms with E-state index in [0.29, 0.717) is 12.1 Å². The minimum atomic E-state index is -3.50. The molecule has 1 aromatic rings. The van der Waals surface area contributed by atoms with Gasteiger partial charge in [-0.05, 0) is 43.7 Å². The van der Waals surface area contributed by atoms with E-state index in [1.165, 1.54) is 24.3 Å². The van der Waals surface area contributed by atoms with Crippen LogP contribution in [0.15, 0.2) is 29.2 Å². The molecule has 1 aliphatic rings. The fraction of sp³-hybridized carbons (Fsp3) is 0.533. The Morgan fingerprint density at radius 3 is 2.73 bits per heavy atom. The van der Waals surface area contributed by atoms with Crippen LogP contribution in [0.3, 0.4) is 0 Å². The van der Waals surface area contributed by atoms with Crippen molar-refractivity contribution in [1.29, 1.82) is 5.26 Å². The molecule has 2 rings (SSSR count). The molecule has 1 aliphatic heterocycles. The molecule has 7 heteroatoms.